The Bertz CT molecular complexity index is 413. The lowest BCUT2D eigenvalue weighted by Gasteiger charge is -2.23. The Morgan fingerprint density at radius 2 is 1.57 bits per heavy atom. The molecule has 0 aromatic carbocycles. The van der Waals surface area contributed by atoms with Crippen molar-refractivity contribution >= 4 is 16.0 Å². The highest BCUT2D eigenvalue weighted by molar-refractivity contribution is 7.85. The Labute approximate surface area is 140 Å². The molecule has 1 amide bonds. The van der Waals surface area contributed by atoms with E-state index in [2.05, 4.69) is 0 Å². The largest absolute Gasteiger partial charge is 0.342 e. The maximum atomic E-state index is 12.2. The van der Waals surface area contributed by atoms with E-state index in [0.717, 1.165) is 45.1 Å². The molecule has 0 aliphatic heterocycles. The number of rotatable bonds is 14. The summed E-state index contributed by atoms with van der Waals surface area (Å²) in [5, 5.41) is 0. The Hall–Kier alpha value is -0.700. The maximum absolute atomic E-state index is 12.2. The third kappa shape index (κ3) is 14.6. The van der Waals surface area contributed by atoms with Gasteiger partial charge in [0.15, 0.2) is 0 Å². The highest BCUT2D eigenvalue weighted by Crippen LogP contribution is 2.08. The van der Waals surface area contributed by atoms with Crippen molar-refractivity contribution in [3.8, 4) is 0 Å². The van der Waals surface area contributed by atoms with Crippen LogP contribution >= 0.6 is 0 Å². The molecule has 0 heterocycles. The first-order valence-corrected chi connectivity index (χ1v) is 9.95. The summed E-state index contributed by atoms with van der Waals surface area (Å²) >= 11 is 0. The first kappa shape index (κ1) is 22.3. The molecular weight excluding hydrogens is 318 g/mol. The number of nitrogens with zero attached hydrogens (tertiary/aromatic N) is 2. The van der Waals surface area contributed by atoms with Gasteiger partial charge in [-0.25, -0.2) is 0 Å². The number of nitrogens with two attached hydrogens (primary N) is 1. The highest BCUT2D eigenvalue weighted by atomic mass is 32.2. The second-order valence-corrected chi connectivity index (χ2v) is 7.70. The van der Waals surface area contributed by atoms with Gasteiger partial charge in [0.2, 0.25) is 5.91 Å². The van der Waals surface area contributed by atoms with E-state index in [1.807, 2.05) is 19.0 Å². The number of hydrogen-bond acceptors (Lipinski definition) is 5. The molecule has 0 bridgehead atoms. The topological polar surface area (TPSA) is 104 Å². The summed E-state index contributed by atoms with van der Waals surface area (Å²) < 4.78 is 30.7. The van der Waals surface area contributed by atoms with Gasteiger partial charge in [-0.3, -0.25) is 9.35 Å². The number of carbonyl (C=O) groups is 1. The molecule has 7 nitrogen and oxygen atoms in total. The fourth-order valence-electron chi connectivity index (χ4n) is 2.27. The van der Waals surface area contributed by atoms with E-state index < -0.39 is 15.9 Å². The van der Waals surface area contributed by atoms with Crippen LogP contribution in [0.3, 0.4) is 0 Å². The molecule has 0 saturated heterocycles. The van der Waals surface area contributed by atoms with Gasteiger partial charge in [-0.15, -0.1) is 0 Å². The zero-order valence-electron chi connectivity index (χ0n) is 14.5. The van der Waals surface area contributed by atoms with Gasteiger partial charge >= 0.3 is 0 Å². The molecule has 0 rings (SSSR count). The molecule has 0 spiro atoms. The van der Waals surface area contributed by atoms with Gasteiger partial charge in [-0.05, 0) is 46.4 Å². The Kier molecular flexibility index (Phi) is 12.3. The summed E-state index contributed by atoms with van der Waals surface area (Å²) in [4.78, 5) is 15.8. The van der Waals surface area contributed by atoms with Gasteiger partial charge in [0, 0.05) is 19.5 Å². The van der Waals surface area contributed by atoms with Crippen molar-refractivity contribution < 1.29 is 17.8 Å². The van der Waals surface area contributed by atoms with Crippen LogP contribution in [-0.2, 0) is 14.9 Å². The van der Waals surface area contributed by atoms with Crippen molar-refractivity contribution in [2.45, 2.75) is 44.9 Å². The summed E-state index contributed by atoms with van der Waals surface area (Å²) in [5.41, 5.74) is 5.43. The van der Waals surface area contributed by atoms with Gasteiger partial charge in [-0.1, -0.05) is 19.3 Å². The Morgan fingerprint density at radius 1 is 0.957 bits per heavy atom. The van der Waals surface area contributed by atoms with Crippen LogP contribution in [0.1, 0.15) is 44.9 Å². The minimum Gasteiger partial charge on any atom is -0.342 e. The van der Waals surface area contributed by atoms with Crippen molar-refractivity contribution in [1.29, 1.82) is 0 Å². The number of amides is 1. The second kappa shape index (κ2) is 12.7. The number of carbonyl (C=O) groups excluding carboxylic acids is 1. The number of hydrogen-bond donors (Lipinski definition) is 2. The average Bonchev–Trinajstić information content (AvgIpc) is 2.44. The average molecular weight is 352 g/mol. The Morgan fingerprint density at radius 3 is 2.13 bits per heavy atom. The lowest BCUT2D eigenvalue weighted by Crippen LogP contribution is -2.36. The lowest BCUT2D eigenvalue weighted by atomic mass is 10.1. The van der Waals surface area contributed by atoms with Crippen LogP contribution in [-0.4, -0.2) is 74.7 Å². The standard InChI is InChI=1S/C15H33N3O4S/c1-17(2)11-8-12-18(13-14-23(20,21)22)15(19)9-6-4-3-5-7-10-16/h3-14,16H2,1-2H3,(H,20,21,22). The van der Waals surface area contributed by atoms with Crippen LogP contribution in [0.25, 0.3) is 0 Å². The molecule has 3 N–H and O–H groups in total. The predicted octanol–water partition coefficient (Wildman–Crippen LogP) is 0.954. The van der Waals surface area contributed by atoms with E-state index in [0.29, 0.717) is 19.5 Å². The molecule has 0 aliphatic rings. The molecular formula is C15H33N3O4S. The lowest BCUT2D eigenvalue weighted by molar-refractivity contribution is -0.131. The smallest absolute Gasteiger partial charge is 0.266 e. The first-order chi connectivity index (χ1) is 10.8. The molecule has 0 aromatic heterocycles. The van der Waals surface area contributed by atoms with Crippen LogP contribution in [0, 0.1) is 0 Å². The number of unbranched alkanes of at least 4 members (excludes halogenated alkanes) is 4. The van der Waals surface area contributed by atoms with E-state index in [1.165, 1.54) is 0 Å². The highest BCUT2D eigenvalue weighted by Gasteiger charge is 2.16. The summed E-state index contributed by atoms with van der Waals surface area (Å²) in [7, 11) is -0.145. The third-order valence-electron chi connectivity index (χ3n) is 3.60. The molecule has 0 unspecified atom stereocenters. The molecule has 23 heavy (non-hydrogen) atoms. The van der Waals surface area contributed by atoms with E-state index in [4.69, 9.17) is 10.3 Å². The molecule has 0 atom stereocenters. The van der Waals surface area contributed by atoms with Gasteiger partial charge in [0.25, 0.3) is 10.1 Å². The Balaban J connectivity index is 4.20. The van der Waals surface area contributed by atoms with Crippen molar-refractivity contribution in [2.75, 3.05) is 46.0 Å². The minimum atomic E-state index is -4.05. The fourth-order valence-corrected chi connectivity index (χ4v) is 2.72. The van der Waals surface area contributed by atoms with Crippen molar-refractivity contribution in [2.24, 2.45) is 5.73 Å². The van der Waals surface area contributed by atoms with Crippen LogP contribution < -0.4 is 5.73 Å². The van der Waals surface area contributed by atoms with Gasteiger partial charge in [-0.2, -0.15) is 8.42 Å². The third-order valence-corrected chi connectivity index (χ3v) is 4.30. The zero-order valence-corrected chi connectivity index (χ0v) is 15.4. The predicted molar refractivity (Wildman–Crippen MR) is 92.9 cm³/mol. The van der Waals surface area contributed by atoms with Gasteiger partial charge in [0.1, 0.15) is 0 Å². The van der Waals surface area contributed by atoms with Gasteiger partial charge < -0.3 is 15.5 Å². The minimum absolute atomic E-state index is 0.0359. The monoisotopic (exact) mass is 351 g/mol. The summed E-state index contributed by atoms with van der Waals surface area (Å²) in [6.07, 6.45) is 6.15. The van der Waals surface area contributed by atoms with Crippen molar-refractivity contribution in [3.05, 3.63) is 0 Å². The molecule has 138 valence electrons. The van der Waals surface area contributed by atoms with Crippen LogP contribution in [0.5, 0.6) is 0 Å². The molecule has 0 fully saturated rings. The quantitative estimate of drug-likeness (QED) is 0.357. The SMILES string of the molecule is CN(C)CCCN(CCS(=O)(=O)O)C(=O)CCCCCCCN. The summed E-state index contributed by atoms with van der Waals surface area (Å²) in [6.45, 7) is 2.10. The van der Waals surface area contributed by atoms with E-state index in [1.54, 1.807) is 4.90 Å². The molecule has 0 aliphatic carbocycles. The van der Waals surface area contributed by atoms with E-state index in [-0.39, 0.29) is 12.5 Å². The van der Waals surface area contributed by atoms with Gasteiger partial charge in [0.05, 0.1) is 5.75 Å². The van der Waals surface area contributed by atoms with Crippen molar-refractivity contribution in [3.63, 3.8) is 0 Å². The van der Waals surface area contributed by atoms with Crippen molar-refractivity contribution in [1.82, 2.24) is 9.80 Å². The van der Waals surface area contributed by atoms with Crippen LogP contribution in [0.15, 0.2) is 0 Å². The normalized spacial score (nSPS) is 11.9. The fraction of sp³-hybridized carbons (Fsp3) is 0.933. The molecule has 0 aromatic rings. The second-order valence-electron chi connectivity index (χ2n) is 6.13. The summed E-state index contributed by atoms with van der Waals surface area (Å²) in [6, 6.07) is 0. The zero-order chi connectivity index (χ0) is 17.7. The maximum Gasteiger partial charge on any atom is 0.266 e. The summed E-state index contributed by atoms with van der Waals surface area (Å²) in [5.74, 6) is -0.441. The first-order valence-electron chi connectivity index (χ1n) is 8.34. The van der Waals surface area contributed by atoms with Crippen LogP contribution in [0.2, 0.25) is 0 Å². The van der Waals surface area contributed by atoms with Crippen LogP contribution in [0.4, 0.5) is 0 Å². The van der Waals surface area contributed by atoms with E-state index in [9.17, 15) is 13.2 Å². The molecule has 0 saturated carbocycles. The molecule has 0 radical (unpaired) electrons. The van der Waals surface area contributed by atoms with E-state index >= 15 is 0 Å². The molecule has 8 heteroatoms.